The number of nitriles is 1. The Morgan fingerprint density at radius 3 is 2.57 bits per heavy atom. The van der Waals surface area contributed by atoms with Gasteiger partial charge in [-0.15, -0.1) is 11.3 Å². The van der Waals surface area contributed by atoms with Crippen LogP contribution in [0.2, 0.25) is 0 Å². The Hall–Kier alpha value is -2.89. The third-order valence-corrected chi connectivity index (χ3v) is 5.92. The second-order valence-corrected chi connectivity index (χ2v) is 7.39. The summed E-state index contributed by atoms with van der Waals surface area (Å²) in [7, 11) is 3.21. The molecule has 1 aromatic carbocycles. The van der Waals surface area contributed by atoms with Crippen molar-refractivity contribution < 1.29 is 14.2 Å². The van der Waals surface area contributed by atoms with E-state index in [1.54, 1.807) is 14.2 Å². The molecule has 4 rings (SSSR count). The van der Waals surface area contributed by atoms with E-state index in [9.17, 15) is 5.26 Å². The molecular weight excluding hydrogens is 376 g/mol. The van der Waals surface area contributed by atoms with Crippen molar-refractivity contribution in [3.8, 4) is 29.0 Å². The molecule has 0 spiro atoms. The second kappa shape index (κ2) is 7.62. The molecule has 1 fully saturated rings. The second-order valence-electron chi connectivity index (χ2n) is 6.39. The first-order valence-corrected chi connectivity index (χ1v) is 9.74. The van der Waals surface area contributed by atoms with Gasteiger partial charge >= 0.3 is 0 Å². The maximum Gasteiger partial charge on any atom is 0.163 e. The number of aryl methyl sites for hydroxylation is 1. The van der Waals surface area contributed by atoms with Gasteiger partial charge in [-0.05, 0) is 30.7 Å². The molecule has 0 unspecified atom stereocenters. The number of anilines is 1. The topological polar surface area (TPSA) is 80.5 Å². The smallest absolute Gasteiger partial charge is 0.163 e. The zero-order chi connectivity index (χ0) is 19.7. The molecule has 0 bridgehead atoms. The quantitative estimate of drug-likeness (QED) is 0.669. The Morgan fingerprint density at radius 2 is 1.89 bits per heavy atom. The number of aromatic nitrogens is 2. The molecule has 1 aliphatic heterocycles. The minimum absolute atomic E-state index is 0.598. The van der Waals surface area contributed by atoms with Crippen LogP contribution in [0.5, 0.6) is 11.5 Å². The van der Waals surface area contributed by atoms with Gasteiger partial charge in [-0.2, -0.15) is 5.26 Å². The lowest BCUT2D eigenvalue weighted by Gasteiger charge is -2.28. The largest absolute Gasteiger partial charge is 0.493 e. The summed E-state index contributed by atoms with van der Waals surface area (Å²) in [4.78, 5) is 13.3. The maximum absolute atomic E-state index is 9.48. The maximum atomic E-state index is 9.48. The van der Waals surface area contributed by atoms with Crippen LogP contribution >= 0.6 is 11.3 Å². The van der Waals surface area contributed by atoms with E-state index in [2.05, 4.69) is 11.0 Å². The predicted octanol–water partition coefficient (Wildman–Crippen LogP) is 3.39. The Morgan fingerprint density at radius 1 is 1.14 bits per heavy atom. The Kier molecular flexibility index (Phi) is 5.03. The lowest BCUT2D eigenvalue weighted by Crippen LogP contribution is -2.37. The van der Waals surface area contributed by atoms with Gasteiger partial charge < -0.3 is 19.1 Å². The average Bonchev–Trinajstić information content (AvgIpc) is 3.08. The number of fused-ring (bicyclic) bond motifs is 1. The van der Waals surface area contributed by atoms with Crippen molar-refractivity contribution in [2.45, 2.75) is 6.92 Å². The van der Waals surface area contributed by atoms with Crippen LogP contribution in [0.1, 0.15) is 10.4 Å². The minimum Gasteiger partial charge on any atom is -0.493 e. The molecule has 0 N–H and O–H groups in total. The first kappa shape index (κ1) is 18.5. The molecule has 2 aromatic heterocycles. The van der Waals surface area contributed by atoms with Crippen LogP contribution in [-0.4, -0.2) is 50.5 Å². The third kappa shape index (κ3) is 3.13. The molecule has 8 heteroatoms. The third-order valence-electron chi connectivity index (χ3n) is 4.82. The number of ether oxygens (including phenoxy) is 3. The Labute approximate surface area is 167 Å². The Bertz CT molecular complexity index is 1070. The van der Waals surface area contributed by atoms with Crippen molar-refractivity contribution >= 4 is 27.4 Å². The normalized spacial score (nSPS) is 14.1. The SMILES string of the molecule is COc1ccc(-c2nc(N3CCOCC3)c3c(C)c(C#N)sc3n2)cc1OC. The van der Waals surface area contributed by atoms with Gasteiger partial charge in [0.2, 0.25) is 0 Å². The van der Waals surface area contributed by atoms with Crippen LogP contribution in [0.25, 0.3) is 21.6 Å². The van der Waals surface area contributed by atoms with Crippen molar-refractivity contribution in [1.29, 1.82) is 5.26 Å². The van der Waals surface area contributed by atoms with Gasteiger partial charge in [0.15, 0.2) is 17.3 Å². The number of rotatable bonds is 4. The summed E-state index contributed by atoms with van der Waals surface area (Å²) in [6.07, 6.45) is 0. The van der Waals surface area contributed by atoms with Gasteiger partial charge in [0, 0.05) is 18.7 Å². The van der Waals surface area contributed by atoms with E-state index in [4.69, 9.17) is 24.2 Å². The van der Waals surface area contributed by atoms with Crippen LogP contribution in [0.3, 0.4) is 0 Å². The summed E-state index contributed by atoms with van der Waals surface area (Å²) in [6, 6.07) is 7.91. The summed E-state index contributed by atoms with van der Waals surface area (Å²) in [6.45, 7) is 4.79. The summed E-state index contributed by atoms with van der Waals surface area (Å²) in [5, 5.41) is 10.4. The number of thiophene rings is 1. The highest BCUT2D eigenvalue weighted by Crippen LogP contribution is 2.38. The minimum atomic E-state index is 0.598. The monoisotopic (exact) mass is 396 g/mol. The Balaban J connectivity index is 1.91. The first-order chi connectivity index (χ1) is 13.7. The van der Waals surface area contributed by atoms with Crippen LogP contribution < -0.4 is 14.4 Å². The number of hydrogen-bond acceptors (Lipinski definition) is 8. The summed E-state index contributed by atoms with van der Waals surface area (Å²) >= 11 is 1.40. The molecule has 144 valence electrons. The van der Waals surface area contributed by atoms with E-state index < -0.39 is 0 Å². The van der Waals surface area contributed by atoms with Gasteiger partial charge in [-0.1, -0.05) is 0 Å². The number of morpholine rings is 1. The molecule has 28 heavy (non-hydrogen) atoms. The molecule has 1 aliphatic rings. The fraction of sp³-hybridized carbons (Fsp3) is 0.350. The number of hydrogen-bond donors (Lipinski definition) is 0. The molecule has 3 aromatic rings. The van der Waals surface area contributed by atoms with Gasteiger partial charge in [-0.25, -0.2) is 9.97 Å². The zero-order valence-corrected chi connectivity index (χ0v) is 16.8. The molecule has 0 atom stereocenters. The molecular formula is C20H20N4O3S. The van der Waals surface area contributed by atoms with E-state index >= 15 is 0 Å². The molecule has 3 heterocycles. The van der Waals surface area contributed by atoms with Crippen molar-refractivity contribution in [1.82, 2.24) is 9.97 Å². The van der Waals surface area contributed by atoms with Gasteiger partial charge in [0.05, 0.1) is 32.8 Å². The fourth-order valence-corrected chi connectivity index (χ4v) is 4.31. The summed E-state index contributed by atoms with van der Waals surface area (Å²) in [5.41, 5.74) is 1.77. The van der Waals surface area contributed by atoms with Crippen molar-refractivity contribution in [2.75, 3.05) is 45.4 Å². The molecule has 7 nitrogen and oxygen atoms in total. The highest BCUT2D eigenvalue weighted by molar-refractivity contribution is 7.19. The molecule has 0 saturated carbocycles. The molecule has 0 amide bonds. The molecule has 1 saturated heterocycles. The molecule has 0 radical (unpaired) electrons. The van der Waals surface area contributed by atoms with E-state index in [0.717, 1.165) is 40.3 Å². The van der Waals surface area contributed by atoms with Crippen LogP contribution in [0, 0.1) is 18.3 Å². The highest BCUT2D eigenvalue weighted by atomic mass is 32.1. The van der Waals surface area contributed by atoms with Crippen LogP contribution in [0.4, 0.5) is 5.82 Å². The highest BCUT2D eigenvalue weighted by Gasteiger charge is 2.22. The van der Waals surface area contributed by atoms with Crippen molar-refractivity contribution in [3.63, 3.8) is 0 Å². The molecule has 0 aliphatic carbocycles. The van der Waals surface area contributed by atoms with E-state index in [0.29, 0.717) is 35.4 Å². The summed E-state index contributed by atoms with van der Waals surface area (Å²) < 4.78 is 16.2. The fourth-order valence-electron chi connectivity index (χ4n) is 3.33. The lowest BCUT2D eigenvalue weighted by molar-refractivity contribution is 0.122. The van der Waals surface area contributed by atoms with Gasteiger partial charge in [0.25, 0.3) is 0 Å². The van der Waals surface area contributed by atoms with Gasteiger partial charge in [-0.3, -0.25) is 0 Å². The number of benzene rings is 1. The van der Waals surface area contributed by atoms with Crippen LogP contribution in [0.15, 0.2) is 18.2 Å². The first-order valence-electron chi connectivity index (χ1n) is 8.92. The number of nitrogens with zero attached hydrogens (tertiary/aromatic N) is 4. The predicted molar refractivity (Wildman–Crippen MR) is 108 cm³/mol. The number of methoxy groups -OCH3 is 2. The lowest BCUT2D eigenvalue weighted by atomic mass is 10.1. The van der Waals surface area contributed by atoms with Crippen LogP contribution in [-0.2, 0) is 4.74 Å². The van der Waals surface area contributed by atoms with E-state index in [1.807, 2.05) is 25.1 Å². The standard InChI is InChI=1S/C20H20N4O3S/c1-12-16(11-21)28-20-17(12)19(24-6-8-27-9-7-24)22-18(23-20)13-4-5-14(25-2)15(10-13)26-3/h4-5,10H,6-9H2,1-3H3. The van der Waals surface area contributed by atoms with Crippen molar-refractivity contribution in [2.24, 2.45) is 0 Å². The van der Waals surface area contributed by atoms with Gasteiger partial charge in [0.1, 0.15) is 21.6 Å². The van der Waals surface area contributed by atoms with E-state index in [1.165, 1.54) is 11.3 Å². The average molecular weight is 396 g/mol. The van der Waals surface area contributed by atoms with E-state index in [-0.39, 0.29) is 0 Å². The summed E-state index contributed by atoms with van der Waals surface area (Å²) in [5.74, 6) is 2.73. The zero-order valence-electron chi connectivity index (χ0n) is 16.0. The van der Waals surface area contributed by atoms with Crippen molar-refractivity contribution in [3.05, 3.63) is 28.6 Å².